The summed E-state index contributed by atoms with van der Waals surface area (Å²) in [5, 5.41) is 9.00. The van der Waals surface area contributed by atoms with Gasteiger partial charge >= 0.3 is 5.97 Å². The Balaban J connectivity index is 2.86. The lowest BCUT2D eigenvalue weighted by Gasteiger charge is -2.23. The van der Waals surface area contributed by atoms with E-state index in [1.165, 1.54) is 13.8 Å². The molecule has 0 heterocycles. The first-order chi connectivity index (χ1) is 7.97. The van der Waals surface area contributed by atoms with Gasteiger partial charge < -0.3 is 14.6 Å². The monoisotopic (exact) mass is 238 g/mol. The number of carboxylic acids is 1. The highest BCUT2D eigenvalue weighted by Gasteiger charge is 2.30. The number of benzene rings is 1. The zero-order valence-corrected chi connectivity index (χ0v) is 10.4. The van der Waals surface area contributed by atoms with E-state index in [2.05, 4.69) is 0 Å². The van der Waals surface area contributed by atoms with Gasteiger partial charge in [0.15, 0.2) is 17.1 Å². The summed E-state index contributed by atoms with van der Waals surface area (Å²) in [7, 11) is 0. The summed E-state index contributed by atoms with van der Waals surface area (Å²) in [6.45, 7) is 5.59. The molecule has 0 aliphatic carbocycles. The van der Waals surface area contributed by atoms with Crippen molar-refractivity contribution in [3.8, 4) is 11.5 Å². The van der Waals surface area contributed by atoms with Crippen molar-refractivity contribution >= 4 is 5.97 Å². The van der Waals surface area contributed by atoms with Crippen molar-refractivity contribution in [3.05, 3.63) is 24.3 Å². The number of hydrogen-bond donors (Lipinski definition) is 1. The highest BCUT2D eigenvalue weighted by Crippen LogP contribution is 2.30. The zero-order valence-electron chi connectivity index (χ0n) is 10.4. The molecule has 0 aliphatic rings. The average Bonchev–Trinajstić information content (AvgIpc) is 2.27. The van der Waals surface area contributed by atoms with Crippen molar-refractivity contribution in [3.63, 3.8) is 0 Å². The lowest BCUT2D eigenvalue weighted by Crippen LogP contribution is -2.38. The molecule has 0 radical (unpaired) electrons. The van der Waals surface area contributed by atoms with Crippen LogP contribution in [0.4, 0.5) is 0 Å². The van der Waals surface area contributed by atoms with Gasteiger partial charge in [0, 0.05) is 0 Å². The Kier molecular flexibility index (Phi) is 4.37. The Morgan fingerprint density at radius 2 is 1.88 bits per heavy atom. The third-order valence-corrected chi connectivity index (χ3v) is 2.19. The fraction of sp³-hybridized carbons (Fsp3) is 0.462. The second kappa shape index (κ2) is 5.57. The standard InChI is InChI=1S/C13H18O4/c1-4-9-16-10-7-5-6-8-11(10)17-13(2,3)12(14)15/h5-8H,4,9H2,1-3H3,(H,14,15). The van der Waals surface area contributed by atoms with Crippen LogP contribution in [0.5, 0.6) is 11.5 Å². The molecule has 1 aromatic carbocycles. The summed E-state index contributed by atoms with van der Waals surface area (Å²) in [5.74, 6) is 0.0137. The van der Waals surface area contributed by atoms with Crippen molar-refractivity contribution in [1.29, 1.82) is 0 Å². The van der Waals surface area contributed by atoms with E-state index in [-0.39, 0.29) is 0 Å². The van der Waals surface area contributed by atoms with Gasteiger partial charge in [0.05, 0.1) is 6.61 Å². The van der Waals surface area contributed by atoms with Crippen molar-refractivity contribution in [2.75, 3.05) is 6.61 Å². The van der Waals surface area contributed by atoms with E-state index >= 15 is 0 Å². The Hall–Kier alpha value is -1.71. The number of hydrogen-bond acceptors (Lipinski definition) is 3. The zero-order chi connectivity index (χ0) is 12.9. The van der Waals surface area contributed by atoms with Gasteiger partial charge in [0.2, 0.25) is 0 Å². The van der Waals surface area contributed by atoms with E-state index in [9.17, 15) is 4.79 Å². The maximum Gasteiger partial charge on any atom is 0.347 e. The smallest absolute Gasteiger partial charge is 0.347 e. The Morgan fingerprint density at radius 3 is 2.41 bits per heavy atom. The molecule has 17 heavy (non-hydrogen) atoms. The van der Waals surface area contributed by atoms with Crippen LogP contribution in [-0.2, 0) is 4.79 Å². The van der Waals surface area contributed by atoms with Gasteiger partial charge in [-0.3, -0.25) is 0 Å². The van der Waals surface area contributed by atoms with Crippen LogP contribution in [0.15, 0.2) is 24.3 Å². The fourth-order valence-electron chi connectivity index (χ4n) is 1.18. The lowest BCUT2D eigenvalue weighted by atomic mass is 10.1. The topological polar surface area (TPSA) is 55.8 Å². The highest BCUT2D eigenvalue weighted by molar-refractivity contribution is 5.76. The van der Waals surface area contributed by atoms with E-state index < -0.39 is 11.6 Å². The molecular formula is C13H18O4. The maximum absolute atomic E-state index is 11.0. The van der Waals surface area contributed by atoms with Gasteiger partial charge in [0.25, 0.3) is 0 Å². The van der Waals surface area contributed by atoms with Crippen LogP contribution in [0, 0.1) is 0 Å². The first-order valence-corrected chi connectivity index (χ1v) is 5.61. The molecule has 0 saturated carbocycles. The van der Waals surface area contributed by atoms with E-state index in [4.69, 9.17) is 14.6 Å². The fourth-order valence-corrected chi connectivity index (χ4v) is 1.18. The number of aliphatic carboxylic acids is 1. The predicted molar refractivity (Wildman–Crippen MR) is 64.6 cm³/mol. The minimum atomic E-state index is -1.27. The predicted octanol–water partition coefficient (Wildman–Crippen LogP) is 2.72. The first-order valence-electron chi connectivity index (χ1n) is 5.61. The second-order valence-electron chi connectivity index (χ2n) is 4.21. The Labute approximate surface area is 101 Å². The molecule has 0 spiro atoms. The van der Waals surface area contributed by atoms with Crippen LogP contribution in [0.3, 0.4) is 0 Å². The minimum absolute atomic E-state index is 0.452. The second-order valence-corrected chi connectivity index (χ2v) is 4.21. The van der Waals surface area contributed by atoms with E-state index in [1.807, 2.05) is 13.0 Å². The quantitative estimate of drug-likeness (QED) is 0.827. The molecule has 0 saturated heterocycles. The molecule has 1 N–H and O–H groups in total. The normalized spacial score (nSPS) is 11.0. The molecule has 4 heteroatoms. The van der Waals surface area contributed by atoms with Crippen LogP contribution < -0.4 is 9.47 Å². The maximum atomic E-state index is 11.0. The van der Waals surface area contributed by atoms with Crippen LogP contribution in [0.25, 0.3) is 0 Å². The van der Waals surface area contributed by atoms with Gasteiger partial charge in [-0.05, 0) is 32.4 Å². The Bertz CT molecular complexity index is 385. The van der Waals surface area contributed by atoms with E-state index in [0.29, 0.717) is 18.1 Å². The van der Waals surface area contributed by atoms with Crippen molar-refractivity contribution in [1.82, 2.24) is 0 Å². The van der Waals surface area contributed by atoms with Crippen LogP contribution in [0.1, 0.15) is 27.2 Å². The van der Waals surface area contributed by atoms with Gasteiger partial charge in [-0.1, -0.05) is 19.1 Å². The van der Waals surface area contributed by atoms with Crippen LogP contribution in [-0.4, -0.2) is 23.3 Å². The number of rotatable bonds is 6. The summed E-state index contributed by atoms with van der Waals surface area (Å²) in [4.78, 5) is 11.0. The SMILES string of the molecule is CCCOc1ccccc1OC(C)(C)C(=O)O. The van der Waals surface area contributed by atoms with Crippen molar-refractivity contribution in [2.24, 2.45) is 0 Å². The Morgan fingerprint density at radius 1 is 1.29 bits per heavy atom. The van der Waals surface area contributed by atoms with Gasteiger partial charge in [0.1, 0.15) is 0 Å². The van der Waals surface area contributed by atoms with Crippen LogP contribution in [0.2, 0.25) is 0 Å². The molecule has 0 fully saturated rings. The van der Waals surface area contributed by atoms with Crippen molar-refractivity contribution < 1.29 is 19.4 Å². The number of carbonyl (C=O) groups is 1. The van der Waals surface area contributed by atoms with Crippen LogP contribution >= 0.6 is 0 Å². The summed E-state index contributed by atoms with van der Waals surface area (Å²) in [5.41, 5.74) is -1.27. The average molecular weight is 238 g/mol. The molecule has 0 aromatic heterocycles. The molecular weight excluding hydrogens is 220 g/mol. The summed E-state index contributed by atoms with van der Waals surface area (Å²) in [6, 6.07) is 7.08. The van der Waals surface area contributed by atoms with Gasteiger partial charge in [-0.15, -0.1) is 0 Å². The number of para-hydroxylation sites is 2. The molecule has 0 aliphatic heterocycles. The summed E-state index contributed by atoms with van der Waals surface area (Å²) in [6.07, 6.45) is 0.886. The van der Waals surface area contributed by atoms with Gasteiger partial charge in [-0.2, -0.15) is 0 Å². The van der Waals surface area contributed by atoms with E-state index in [1.54, 1.807) is 18.2 Å². The molecule has 4 nitrogen and oxygen atoms in total. The molecule has 1 aromatic rings. The molecule has 0 bridgehead atoms. The van der Waals surface area contributed by atoms with Crippen molar-refractivity contribution in [2.45, 2.75) is 32.8 Å². The molecule has 1 rings (SSSR count). The molecule has 0 atom stereocenters. The molecule has 0 unspecified atom stereocenters. The minimum Gasteiger partial charge on any atom is -0.490 e. The molecule has 94 valence electrons. The summed E-state index contributed by atoms with van der Waals surface area (Å²) < 4.78 is 11.0. The summed E-state index contributed by atoms with van der Waals surface area (Å²) >= 11 is 0. The first kappa shape index (κ1) is 13.4. The third kappa shape index (κ3) is 3.66. The number of carboxylic acid groups (broad SMARTS) is 1. The highest BCUT2D eigenvalue weighted by atomic mass is 16.5. The third-order valence-electron chi connectivity index (χ3n) is 2.19. The number of ether oxygens (including phenoxy) is 2. The van der Waals surface area contributed by atoms with E-state index in [0.717, 1.165) is 6.42 Å². The molecule has 0 amide bonds. The van der Waals surface area contributed by atoms with Gasteiger partial charge in [-0.25, -0.2) is 4.79 Å². The largest absolute Gasteiger partial charge is 0.490 e. The lowest BCUT2D eigenvalue weighted by molar-refractivity contribution is -0.152.